The molecule has 0 aliphatic carbocycles. The number of nitrogens with zero attached hydrogens (tertiary/aromatic N) is 1. The molecule has 58 heavy (non-hydrogen) atoms. The summed E-state index contributed by atoms with van der Waals surface area (Å²) < 4.78 is 6.05. The molecule has 1 heterocycles. The van der Waals surface area contributed by atoms with Gasteiger partial charge in [-0.2, -0.15) is 0 Å². The molecule has 10 aromatic rings. The third-order valence-corrected chi connectivity index (χ3v) is 11.1. The van der Waals surface area contributed by atoms with Crippen LogP contribution >= 0.6 is 0 Å². The van der Waals surface area contributed by atoms with E-state index >= 15 is 0 Å². The third-order valence-electron chi connectivity index (χ3n) is 11.1. The van der Waals surface area contributed by atoms with Crippen molar-refractivity contribution in [1.82, 2.24) is 0 Å². The molecule has 0 saturated carbocycles. The predicted octanol–water partition coefficient (Wildman–Crippen LogP) is 16.0. The van der Waals surface area contributed by atoms with Crippen LogP contribution in [0.2, 0.25) is 0 Å². The lowest BCUT2D eigenvalue weighted by atomic mass is 9.85. The minimum atomic E-state index is 0.773. The number of benzene rings is 9. The Morgan fingerprint density at radius 2 is 0.776 bits per heavy atom. The number of rotatable bonds is 9. The Morgan fingerprint density at radius 1 is 0.362 bits per heavy atom. The summed E-state index contributed by atoms with van der Waals surface area (Å²) in [6.45, 7) is 3.99. The Morgan fingerprint density at radius 3 is 1.33 bits per heavy atom. The highest BCUT2D eigenvalue weighted by molar-refractivity contribution is 6.21. The van der Waals surface area contributed by atoms with E-state index in [4.69, 9.17) is 4.42 Å². The molecule has 0 radical (unpaired) electrons. The minimum Gasteiger partial charge on any atom is -0.456 e. The molecule has 10 rings (SSSR count). The van der Waals surface area contributed by atoms with Crippen molar-refractivity contribution in [2.45, 2.75) is 0 Å². The first kappa shape index (κ1) is 34.8. The summed E-state index contributed by atoms with van der Waals surface area (Å²) in [7, 11) is 0. The number of anilines is 3. The maximum absolute atomic E-state index is 6.05. The molecule has 1 aromatic heterocycles. The van der Waals surface area contributed by atoms with E-state index in [2.05, 4.69) is 212 Å². The largest absolute Gasteiger partial charge is 0.456 e. The highest BCUT2D eigenvalue weighted by atomic mass is 16.3. The van der Waals surface area contributed by atoms with Crippen LogP contribution in [0.5, 0.6) is 0 Å². The predicted molar refractivity (Wildman–Crippen MR) is 248 cm³/mol. The van der Waals surface area contributed by atoms with Crippen molar-refractivity contribution in [1.29, 1.82) is 0 Å². The maximum Gasteiger partial charge on any atom is 0.135 e. The van der Waals surface area contributed by atoms with Gasteiger partial charge in [0.25, 0.3) is 0 Å². The first-order valence-electron chi connectivity index (χ1n) is 19.7. The Hall–Kier alpha value is -7.68. The fourth-order valence-electron chi connectivity index (χ4n) is 8.33. The van der Waals surface area contributed by atoms with Gasteiger partial charge in [0.05, 0.1) is 0 Å². The normalized spacial score (nSPS) is 11.4. The van der Waals surface area contributed by atoms with Crippen LogP contribution in [0.3, 0.4) is 0 Å². The number of hydrogen-bond donors (Lipinski definition) is 0. The molecular formula is C56H39NO. The molecule has 2 nitrogen and oxygen atoms in total. The van der Waals surface area contributed by atoms with Crippen molar-refractivity contribution in [3.8, 4) is 33.4 Å². The van der Waals surface area contributed by atoms with Crippen LogP contribution in [0.15, 0.2) is 217 Å². The molecule has 0 fully saturated rings. The van der Waals surface area contributed by atoms with Gasteiger partial charge >= 0.3 is 0 Å². The fourth-order valence-corrected chi connectivity index (χ4v) is 8.33. The Balaban J connectivity index is 1.07. The van der Waals surface area contributed by atoms with Crippen molar-refractivity contribution in [3.05, 3.63) is 230 Å². The van der Waals surface area contributed by atoms with Crippen molar-refractivity contribution in [3.63, 3.8) is 0 Å². The van der Waals surface area contributed by atoms with Crippen LogP contribution in [-0.4, -0.2) is 0 Å². The van der Waals surface area contributed by atoms with E-state index in [0.717, 1.165) is 44.9 Å². The summed E-state index contributed by atoms with van der Waals surface area (Å²) in [5, 5.41) is 6.09. The van der Waals surface area contributed by atoms with Crippen LogP contribution in [0.4, 0.5) is 17.1 Å². The summed E-state index contributed by atoms with van der Waals surface area (Å²) in [5.74, 6) is 0.773. The van der Waals surface area contributed by atoms with Gasteiger partial charge in [0.15, 0.2) is 0 Å². The molecule has 0 atom stereocenters. The second-order valence-corrected chi connectivity index (χ2v) is 14.5. The summed E-state index contributed by atoms with van der Waals surface area (Å²) >= 11 is 0. The molecule has 0 N–H and O–H groups in total. The second-order valence-electron chi connectivity index (χ2n) is 14.5. The van der Waals surface area contributed by atoms with E-state index in [1.165, 1.54) is 54.9 Å². The van der Waals surface area contributed by atoms with Gasteiger partial charge in [0.2, 0.25) is 0 Å². The number of para-hydroxylation sites is 1. The molecule has 0 saturated heterocycles. The van der Waals surface area contributed by atoms with E-state index in [0.29, 0.717) is 0 Å². The molecule has 0 amide bonds. The molecule has 0 unspecified atom stereocenters. The standard InChI is InChI=1S/C56H39NO/c1-2-53-50(49-21-13-14-24-54(49)58-53)38-27-39-25-32-44(33-26-39)57(45-34-28-41(29-35-45)40-15-5-3-6-16-40)46-36-30-43(31-37-46)56-52-23-12-10-20-48(52)47-19-9-11-22-51(47)55(56)42-17-7-4-8-18-42/h2-38H,1H2/b38-27+. The van der Waals surface area contributed by atoms with Crippen molar-refractivity contribution >= 4 is 67.8 Å². The first-order valence-corrected chi connectivity index (χ1v) is 19.7. The zero-order valence-electron chi connectivity index (χ0n) is 31.9. The van der Waals surface area contributed by atoms with Crippen LogP contribution in [0, 0.1) is 0 Å². The molecule has 0 aliphatic rings. The fraction of sp³-hybridized carbons (Fsp3) is 0. The van der Waals surface area contributed by atoms with E-state index in [1.807, 2.05) is 18.2 Å². The van der Waals surface area contributed by atoms with E-state index in [-0.39, 0.29) is 0 Å². The van der Waals surface area contributed by atoms with Crippen LogP contribution < -0.4 is 4.90 Å². The minimum absolute atomic E-state index is 0.773. The van der Waals surface area contributed by atoms with Gasteiger partial charge in [-0.05, 0) is 115 Å². The topological polar surface area (TPSA) is 16.4 Å². The van der Waals surface area contributed by atoms with Crippen LogP contribution in [-0.2, 0) is 0 Å². The van der Waals surface area contributed by atoms with Crippen molar-refractivity contribution in [2.24, 2.45) is 0 Å². The lowest BCUT2D eigenvalue weighted by Gasteiger charge is -2.26. The molecule has 274 valence electrons. The van der Waals surface area contributed by atoms with E-state index < -0.39 is 0 Å². The summed E-state index contributed by atoms with van der Waals surface area (Å²) in [4.78, 5) is 2.34. The smallest absolute Gasteiger partial charge is 0.135 e. The summed E-state index contributed by atoms with van der Waals surface area (Å²) in [6, 6.07) is 73.8. The maximum atomic E-state index is 6.05. The van der Waals surface area contributed by atoms with E-state index in [9.17, 15) is 0 Å². The van der Waals surface area contributed by atoms with Gasteiger partial charge in [-0.3, -0.25) is 0 Å². The highest BCUT2D eigenvalue weighted by Gasteiger charge is 2.19. The Bertz CT molecular complexity index is 3080. The molecule has 0 aliphatic heterocycles. The van der Waals surface area contributed by atoms with Crippen LogP contribution in [0.1, 0.15) is 16.9 Å². The molecule has 0 bridgehead atoms. The van der Waals surface area contributed by atoms with Crippen molar-refractivity contribution in [2.75, 3.05) is 4.90 Å². The summed E-state index contributed by atoms with van der Waals surface area (Å²) in [5.41, 5.74) is 13.5. The lowest BCUT2D eigenvalue weighted by Crippen LogP contribution is -2.09. The first-order chi connectivity index (χ1) is 28.7. The zero-order valence-corrected chi connectivity index (χ0v) is 31.9. The molecule has 9 aromatic carbocycles. The number of hydrogen-bond acceptors (Lipinski definition) is 2. The number of fused-ring (bicyclic) bond motifs is 4. The van der Waals surface area contributed by atoms with Gasteiger partial charge in [0.1, 0.15) is 11.3 Å². The Labute approximate surface area is 338 Å². The lowest BCUT2D eigenvalue weighted by molar-refractivity contribution is 0.603. The van der Waals surface area contributed by atoms with Gasteiger partial charge in [0, 0.05) is 28.0 Å². The Kier molecular flexibility index (Phi) is 9.06. The summed E-state index contributed by atoms with van der Waals surface area (Å²) in [6.07, 6.45) is 6.04. The highest BCUT2D eigenvalue weighted by Crippen LogP contribution is 2.45. The monoisotopic (exact) mass is 741 g/mol. The van der Waals surface area contributed by atoms with E-state index in [1.54, 1.807) is 6.08 Å². The number of furan rings is 1. The SMILES string of the molecule is C=Cc1oc2ccccc2c1/C=C/c1ccc(N(c2ccc(-c3ccccc3)cc2)c2ccc(-c3c(-c4ccccc4)c4ccccc4c4ccccc34)cc2)cc1. The third kappa shape index (κ3) is 6.37. The average molecular weight is 742 g/mol. The quantitative estimate of drug-likeness (QED) is 0.137. The molecular weight excluding hydrogens is 703 g/mol. The van der Waals surface area contributed by atoms with Crippen molar-refractivity contribution < 1.29 is 4.42 Å². The molecule has 2 heteroatoms. The van der Waals surface area contributed by atoms with Gasteiger partial charge in [-0.25, -0.2) is 0 Å². The average Bonchev–Trinajstić information content (AvgIpc) is 3.67. The molecule has 0 spiro atoms. The van der Waals surface area contributed by atoms with Crippen LogP contribution in [0.25, 0.3) is 84.1 Å². The second kappa shape index (κ2) is 15.1. The van der Waals surface area contributed by atoms with Gasteiger partial charge in [-0.15, -0.1) is 0 Å². The zero-order chi connectivity index (χ0) is 38.8. The van der Waals surface area contributed by atoms with Gasteiger partial charge in [-0.1, -0.05) is 176 Å². The van der Waals surface area contributed by atoms with Gasteiger partial charge < -0.3 is 9.32 Å².